The number of aliphatic hydroxyl groups excluding tert-OH is 1. The van der Waals surface area contributed by atoms with Crippen LogP contribution in [0.4, 0.5) is 0 Å². The molecule has 0 amide bonds. The highest BCUT2D eigenvalue weighted by Gasteiger charge is 2.10. The van der Waals surface area contributed by atoms with Crippen LogP contribution in [0.3, 0.4) is 0 Å². The molecule has 2 rings (SSSR count). The molecule has 2 aromatic carbocycles. The van der Waals surface area contributed by atoms with Crippen LogP contribution in [0.1, 0.15) is 22.3 Å². The second-order valence-corrected chi connectivity index (χ2v) is 7.29. The topological polar surface area (TPSA) is 108 Å². The van der Waals surface area contributed by atoms with Crippen LogP contribution in [-0.4, -0.2) is 51.3 Å². The van der Waals surface area contributed by atoms with Gasteiger partial charge in [-0.2, -0.15) is 0 Å². The number of hydrogen-bond donors (Lipinski definition) is 1. The minimum Gasteiger partial charge on any atom is -0.508 e. The maximum Gasteiger partial charge on any atom is 0.310 e. The molecule has 0 atom stereocenters. The second-order valence-electron chi connectivity index (χ2n) is 7.29. The van der Waals surface area contributed by atoms with Gasteiger partial charge in [-0.15, -0.1) is 0 Å². The lowest BCUT2D eigenvalue weighted by Gasteiger charge is -2.08. The van der Waals surface area contributed by atoms with E-state index in [4.69, 9.17) is 9.47 Å². The van der Waals surface area contributed by atoms with E-state index < -0.39 is 5.78 Å². The van der Waals surface area contributed by atoms with Crippen LogP contribution in [0, 0.1) is 0 Å². The molecule has 0 bridgehead atoms. The fraction of sp³-hybridized carbons (Fsp3) is 0.222. The smallest absolute Gasteiger partial charge is 0.310 e. The van der Waals surface area contributed by atoms with Crippen LogP contribution in [0.2, 0.25) is 0 Å². The first-order valence-corrected chi connectivity index (χ1v) is 10.6. The molecule has 8 nitrogen and oxygen atoms in total. The van der Waals surface area contributed by atoms with Gasteiger partial charge in [0.2, 0.25) is 0 Å². The molecule has 35 heavy (non-hydrogen) atoms. The van der Waals surface area contributed by atoms with Gasteiger partial charge < -0.3 is 24.1 Å². The van der Waals surface area contributed by atoms with Gasteiger partial charge in [0.25, 0.3) is 0 Å². The highest BCUT2D eigenvalue weighted by atomic mass is 16.5. The number of methoxy groups -OCH3 is 4. The molecule has 0 fully saturated rings. The normalized spacial score (nSPS) is 11.5. The van der Waals surface area contributed by atoms with Crippen LogP contribution < -0.4 is 9.47 Å². The summed E-state index contributed by atoms with van der Waals surface area (Å²) in [5.41, 5.74) is 2.73. The van der Waals surface area contributed by atoms with E-state index in [1.54, 1.807) is 48.6 Å². The number of rotatable bonds is 11. The van der Waals surface area contributed by atoms with Crippen molar-refractivity contribution in [2.75, 3.05) is 28.4 Å². The first-order chi connectivity index (χ1) is 16.8. The van der Waals surface area contributed by atoms with Gasteiger partial charge in [-0.1, -0.05) is 36.4 Å². The number of ether oxygens (including phenoxy) is 4. The Morgan fingerprint density at radius 1 is 0.743 bits per heavy atom. The highest BCUT2D eigenvalue weighted by Crippen LogP contribution is 2.23. The molecule has 1 N–H and O–H groups in total. The maximum atomic E-state index is 12.2. The van der Waals surface area contributed by atoms with Crippen molar-refractivity contribution in [1.29, 1.82) is 0 Å². The number of carbonyl (C=O) groups excluding carboxylic acids is 3. The largest absolute Gasteiger partial charge is 0.508 e. The van der Waals surface area contributed by atoms with Crippen LogP contribution in [-0.2, 0) is 36.7 Å². The quantitative estimate of drug-likeness (QED) is 0.223. The monoisotopic (exact) mass is 480 g/mol. The van der Waals surface area contributed by atoms with Crippen molar-refractivity contribution in [3.63, 3.8) is 0 Å². The molecular formula is C27H28O8. The van der Waals surface area contributed by atoms with Crippen molar-refractivity contribution >= 4 is 29.9 Å². The highest BCUT2D eigenvalue weighted by molar-refractivity contribution is 6.02. The second kappa shape index (κ2) is 13.4. The Kier molecular flexibility index (Phi) is 10.3. The van der Waals surface area contributed by atoms with E-state index in [2.05, 4.69) is 9.47 Å². The number of carbonyl (C=O) groups is 3. The van der Waals surface area contributed by atoms with Crippen molar-refractivity contribution < 1.29 is 38.4 Å². The minimum absolute atomic E-state index is 0.0748. The van der Waals surface area contributed by atoms with Gasteiger partial charge in [0.05, 0.1) is 41.3 Å². The Labute approximate surface area is 204 Å². The summed E-state index contributed by atoms with van der Waals surface area (Å²) in [6.45, 7) is 0. The maximum absolute atomic E-state index is 12.2. The number of allylic oxidation sites excluding steroid dienone is 3. The average Bonchev–Trinajstić information content (AvgIpc) is 2.87. The summed E-state index contributed by atoms with van der Waals surface area (Å²) in [5, 5.41) is 10.1. The van der Waals surface area contributed by atoms with Crippen LogP contribution in [0.5, 0.6) is 11.5 Å². The Morgan fingerprint density at radius 2 is 1.20 bits per heavy atom. The summed E-state index contributed by atoms with van der Waals surface area (Å²) >= 11 is 0. The molecule has 8 heteroatoms. The molecule has 0 saturated carbocycles. The molecule has 0 unspecified atom stereocenters. The summed E-state index contributed by atoms with van der Waals surface area (Å²) in [6, 6.07) is 10.4. The van der Waals surface area contributed by atoms with Crippen LogP contribution >= 0.6 is 0 Å². The standard InChI is InChI=1S/C27H28O8/c1-32-24-13-18(5-9-20(24)15-26(30)34-3)7-11-22(28)17-23(29)12-8-19-6-10-21(16-27(31)35-4)25(14-19)33-2/h5-14,17,28H,15-16H2,1-4H3/b11-7+,12-8+,22-17-. The first-order valence-electron chi connectivity index (χ1n) is 10.6. The lowest BCUT2D eigenvalue weighted by molar-refractivity contribution is -0.140. The Balaban J connectivity index is 2.07. The molecule has 0 saturated heterocycles. The number of hydrogen-bond acceptors (Lipinski definition) is 8. The third kappa shape index (κ3) is 8.51. The molecule has 0 spiro atoms. The van der Waals surface area contributed by atoms with Crippen LogP contribution in [0.15, 0.2) is 60.4 Å². The predicted molar refractivity (Wildman–Crippen MR) is 131 cm³/mol. The fourth-order valence-corrected chi connectivity index (χ4v) is 3.08. The van der Waals surface area contributed by atoms with Gasteiger partial charge in [-0.05, 0) is 35.4 Å². The fourth-order valence-electron chi connectivity index (χ4n) is 3.08. The zero-order valence-electron chi connectivity index (χ0n) is 20.1. The van der Waals surface area contributed by atoms with Gasteiger partial charge in [0.1, 0.15) is 17.3 Å². The van der Waals surface area contributed by atoms with Crippen molar-refractivity contribution in [3.05, 3.63) is 82.6 Å². The predicted octanol–water partition coefficient (Wildman–Crippen LogP) is 3.87. The van der Waals surface area contributed by atoms with E-state index in [1.807, 2.05) is 0 Å². The number of aliphatic hydroxyl groups is 1. The van der Waals surface area contributed by atoms with Crippen molar-refractivity contribution in [1.82, 2.24) is 0 Å². The third-order valence-corrected chi connectivity index (χ3v) is 4.92. The molecule has 0 aliphatic heterocycles. The lowest BCUT2D eigenvalue weighted by atomic mass is 10.1. The molecule has 0 heterocycles. The number of ketones is 1. The zero-order valence-corrected chi connectivity index (χ0v) is 20.1. The van der Waals surface area contributed by atoms with E-state index in [0.717, 1.165) is 6.08 Å². The molecule has 0 aliphatic carbocycles. The van der Waals surface area contributed by atoms with Gasteiger partial charge in [-0.25, -0.2) is 0 Å². The SMILES string of the molecule is COC(=O)Cc1ccc(/C=C/C(=O)/C=C(O)/C=C/c2ccc(CC(=O)OC)c(OC)c2)cc1OC. The third-order valence-electron chi connectivity index (χ3n) is 4.92. The zero-order chi connectivity index (χ0) is 25.8. The van der Waals surface area contributed by atoms with Crippen LogP contribution in [0.25, 0.3) is 12.2 Å². The van der Waals surface area contributed by atoms with Crippen molar-refractivity contribution in [2.45, 2.75) is 12.8 Å². The van der Waals surface area contributed by atoms with Gasteiger partial charge in [0.15, 0.2) is 5.78 Å². The summed E-state index contributed by atoms with van der Waals surface area (Å²) in [7, 11) is 5.62. The Morgan fingerprint density at radius 3 is 1.63 bits per heavy atom. The summed E-state index contributed by atoms with van der Waals surface area (Å²) in [6.07, 6.45) is 7.11. The molecule has 2 aromatic rings. The first kappa shape index (κ1) is 26.9. The van der Waals surface area contributed by atoms with Gasteiger partial charge in [0, 0.05) is 17.2 Å². The van der Waals surface area contributed by atoms with Crippen molar-refractivity contribution in [3.8, 4) is 11.5 Å². The summed E-state index contributed by atoms with van der Waals surface area (Å²) in [5.74, 6) is -0.410. The summed E-state index contributed by atoms with van der Waals surface area (Å²) < 4.78 is 20.0. The van der Waals surface area contributed by atoms with Gasteiger partial charge in [-0.3, -0.25) is 14.4 Å². The number of esters is 2. The van der Waals surface area contributed by atoms with E-state index in [0.29, 0.717) is 33.8 Å². The lowest BCUT2D eigenvalue weighted by Crippen LogP contribution is -2.05. The molecule has 0 radical (unpaired) electrons. The Hall–Kier alpha value is -4.33. The summed E-state index contributed by atoms with van der Waals surface area (Å²) in [4.78, 5) is 35.2. The van der Waals surface area contributed by atoms with E-state index >= 15 is 0 Å². The van der Waals surface area contributed by atoms with E-state index in [9.17, 15) is 19.5 Å². The molecule has 0 aromatic heterocycles. The molecule has 0 aliphatic rings. The Bertz CT molecular complexity index is 1160. The van der Waals surface area contributed by atoms with E-state index in [-0.39, 0.29) is 30.5 Å². The van der Waals surface area contributed by atoms with Crippen molar-refractivity contribution in [2.24, 2.45) is 0 Å². The van der Waals surface area contributed by atoms with Gasteiger partial charge >= 0.3 is 11.9 Å². The number of benzene rings is 2. The average molecular weight is 481 g/mol. The minimum atomic E-state index is -0.421. The molecular weight excluding hydrogens is 452 g/mol. The molecule has 184 valence electrons. The van der Waals surface area contributed by atoms with E-state index in [1.165, 1.54) is 40.6 Å².